The van der Waals surface area contributed by atoms with Crippen LogP contribution in [0.15, 0.2) is 23.3 Å². The van der Waals surface area contributed by atoms with Crippen LogP contribution in [0.5, 0.6) is 5.88 Å². The fraction of sp³-hybridized carbons (Fsp3) is 0.700. The molecule has 0 saturated heterocycles. The summed E-state index contributed by atoms with van der Waals surface area (Å²) < 4.78 is 11.1. The molecule has 152 valence electrons. The van der Waals surface area contributed by atoms with Gasteiger partial charge in [-0.05, 0) is 50.8 Å². The maximum Gasteiger partial charge on any atom is 0.213 e. The van der Waals surface area contributed by atoms with Crippen LogP contribution in [0.1, 0.15) is 37.7 Å². The van der Waals surface area contributed by atoms with Crippen molar-refractivity contribution >= 4 is 5.96 Å². The predicted octanol–water partition coefficient (Wildman–Crippen LogP) is 2.04. The van der Waals surface area contributed by atoms with E-state index in [2.05, 4.69) is 32.6 Å². The molecule has 0 atom stereocenters. The molecule has 1 aliphatic rings. The van der Waals surface area contributed by atoms with Crippen molar-refractivity contribution in [3.63, 3.8) is 0 Å². The highest BCUT2D eigenvalue weighted by atomic mass is 16.5. The van der Waals surface area contributed by atoms with Gasteiger partial charge in [0.25, 0.3) is 0 Å². The third-order valence-electron chi connectivity index (χ3n) is 4.75. The Labute approximate surface area is 163 Å². The maximum absolute atomic E-state index is 5.98. The largest absolute Gasteiger partial charge is 0.474 e. The molecule has 27 heavy (non-hydrogen) atoms. The number of pyridine rings is 1. The molecular formula is C20H35N5O2. The van der Waals surface area contributed by atoms with E-state index in [4.69, 9.17) is 9.47 Å². The van der Waals surface area contributed by atoms with Gasteiger partial charge in [0.15, 0.2) is 5.96 Å². The second kappa shape index (κ2) is 12.5. The van der Waals surface area contributed by atoms with Crippen LogP contribution in [0.4, 0.5) is 0 Å². The number of likely N-dealkylation sites (N-methyl/N-ethyl adjacent to an activating group) is 1. The zero-order chi connectivity index (χ0) is 19.3. The number of hydrogen-bond donors (Lipinski definition) is 2. The van der Waals surface area contributed by atoms with Crippen molar-refractivity contribution in [1.82, 2.24) is 20.5 Å². The molecule has 0 bridgehead atoms. The molecule has 0 aromatic carbocycles. The molecule has 0 amide bonds. The standard InChI is InChI=1S/C20H35N5O2/c1-21-20(23-11-13-25(2)12-6-14-26-3)24-16-17-9-10-22-19(15-17)27-18-7-4-5-8-18/h9-10,15,18H,4-8,11-14,16H2,1-3H3,(H2,21,23,24). The first-order valence-corrected chi connectivity index (χ1v) is 9.95. The number of nitrogens with zero attached hydrogens (tertiary/aromatic N) is 3. The molecule has 1 fully saturated rings. The molecule has 1 aliphatic carbocycles. The van der Waals surface area contributed by atoms with Gasteiger partial charge >= 0.3 is 0 Å². The lowest BCUT2D eigenvalue weighted by atomic mass is 10.2. The van der Waals surface area contributed by atoms with Gasteiger partial charge in [0.05, 0.1) is 0 Å². The van der Waals surface area contributed by atoms with E-state index in [1.807, 2.05) is 18.3 Å². The van der Waals surface area contributed by atoms with Gasteiger partial charge in [-0.3, -0.25) is 4.99 Å². The first-order chi connectivity index (χ1) is 13.2. The van der Waals surface area contributed by atoms with Crippen LogP contribution in [0.3, 0.4) is 0 Å². The molecule has 1 aromatic heterocycles. The minimum atomic E-state index is 0.330. The van der Waals surface area contributed by atoms with Crippen LogP contribution in [-0.2, 0) is 11.3 Å². The number of hydrogen-bond acceptors (Lipinski definition) is 5. The number of ether oxygens (including phenoxy) is 2. The first-order valence-electron chi connectivity index (χ1n) is 9.95. The lowest BCUT2D eigenvalue weighted by molar-refractivity contribution is 0.180. The van der Waals surface area contributed by atoms with Crippen molar-refractivity contribution in [3.05, 3.63) is 23.9 Å². The normalized spacial score (nSPS) is 15.3. The summed E-state index contributed by atoms with van der Waals surface area (Å²) in [6.45, 7) is 4.32. The van der Waals surface area contributed by atoms with E-state index in [-0.39, 0.29) is 0 Å². The fourth-order valence-electron chi connectivity index (χ4n) is 3.16. The lowest BCUT2D eigenvalue weighted by Gasteiger charge is -2.18. The Morgan fingerprint density at radius 2 is 2.11 bits per heavy atom. The molecule has 1 heterocycles. The summed E-state index contributed by atoms with van der Waals surface area (Å²) in [6.07, 6.45) is 7.99. The summed E-state index contributed by atoms with van der Waals surface area (Å²) in [7, 11) is 5.65. The van der Waals surface area contributed by atoms with Crippen molar-refractivity contribution < 1.29 is 9.47 Å². The Morgan fingerprint density at radius 3 is 2.85 bits per heavy atom. The Morgan fingerprint density at radius 1 is 1.30 bits per heavy atom. The molecular weight excluding hydrogens is 342 g/mol. The van der Waals surface area contributed by atoms with Gasteiger partial charge in [-0.15, -0.1) is 0 Å². The highest BCUT2D eigenvalue weighted by molar-refractivity contribution is 5.79. The van der Waals surface area contributed by atoms with Crippen molar-refractivity contribution in [3.8, 4) is 5.88 Å². The number of aromatic nitrogens is 1. The minimum Gasteiger partial charge on any atom is -0.474 e. The van der Waals surface area contributed by atoms with Crippen molar-refractivity contribution in [2.24, 2.45) is 4.99 Å². The van der Waals surface area contributed by atoms with Gasteiger partial charge in [-0.2, -0.15) is 0 Å². The molecule has 0 unspecified atom stereocenters. The quantitative estimate of drug-likeness (QED) is 0.349. The van der Waals surface area contributed by atoms with Gasteiger partial charge in [0, 0.05) is 59.2 Å². The molecule has 7 nitrogen and oxygen atoms in total. The zero-order valence-electron chi connectivity index (χ0n) is 17.0. The monoisotopic (exact) mass is 377 g/mol. The second-order valence-electron chi connectivity index (χ2n) is 7.03. The SMILES string of the molecule is CN=C(NCCN(C)CCCOC)NCc1ccnc(OC2CCCC2)c1. The summed E-state index contributed by atoms with van der Waals surface area (Å²) in [6, 6.07) is 4.02. The van der Waals surface area contributed by atoms with Crippen LogP contribution in [0.25, 0.3) is 0 Å². The van der Waals surface area contributed by atoms with E-state index in [0.29, 0.717) is 12.6 Å². The highest BCUT2D eigenvalue weighted by Gasteiger charge is 2.17. The molecule has 0 radical (unpaired) electrons. The van der Waals surface area contributed by atoms with Gasteiger partial charge in [0.1, 0.15) is 6.10 Å². The van der Waals surface area contributed by atoms with E-state index in [9.17, 15) is 0 Å². The third-order valence-corrected chi connectivity index (χ3v) is 4.75. The van der Waals surface area contributed by atoms with Crippen molar-refractivity contribution in [2.45, 2.75) is 44.8 Å². The number of nitrogens with one attached hydrogen (secondary N) is 2. The molecule has 1 aromatic rings. The Bertz CT molecular complexity index is 561. The van der Waals surface area contributed by atoms with E-state index in [1.54, 1.807) is 14.2 Å². The average Bonchev–Trinajstić information content (AvgIpc) is 3.18. The van der Waals surface area contributed by atoms with Gasteiger partial charge in [-0.1, -0.05) is 0 Å². The molecule has 1 saturated carbocycles. The Kier molecular flexibility index (Phi) is 9.94. The van der Waals surface area contributed by atoms with Crippen LogP contribution in [0.2, 0.25) is 0 Å². The van der Waals surface area contributed by atoms with Gasteiger partial charge in [0.2, 0.25) is 5.88 Å². The van der Waals surface area contributed by atoms with Crippen molar-refractivity contribution in [2.75, 3.05) is 47.4 Å². The molecule has 0 aliphatic heterocycles. The van der Waals surface area contributed by atoms with Crippen LogP contribution in [-0.4, -0.2) is 69.4 Å². The topological polar surface area (TPSA) is 71.0 Å². The number of rotatable bonds is 11. The summed E-state index contributed by atoms with van der Waals surface area (Å²) >= 11 is 0. The third kappa shape index (κ3) is 8.58. The van der Waals surface area contributed by atoms with E-state index in [0.717, 1.165) is 62.9 Å². The van der Waals surface area contributed by atoms with Crippen LogP contribution in [0, 0.1) is 0 Å². The fourth-order valence-corrected chi connectivity index (χ4v) is 3.16. The Hall–Kier alpha value is -1.86. The Balaban J connectivity index is 1.69. The summed E-state index contributed by atoms with van der Waals surface area (Å²) in [4.78, 5) is 10.9. The predicted molar refractivity (Wildman–Crippen MR) is 109 cm³/mol. The van der Waals surface area contributed by atoms with E-state index < -0.39 is 0 Å². The number of aliphatic imine (C=N–C) groups is 1. The van der Waals surface area contributed by atoms with E-state index in [1.165, 1.54) is 12.8 Å². The van der Waals surface area contributed by atoms with Crippen LogP contribution >= 0.6 is 0 Å². The highest BCUT2D eigenvalue weighted by Crippen LogP contribution is 2.23. The molecule has 2 rings (SSSR count). The summed E-state index contributed by atoms with van der Waals surface area (Å²) in [5.41, 5.74) is 1.14. The minimum absolute atomic E-state index is 0.330. The molecule has 7 heteroatoms. The lowest BCUT2D eigenvalue weighted by Crippen LogP contribution is -2.40. The van der Waals surface area contributed by atoms with E-state index >= 15 is 0 Å². The first kappa shape index (κ1) is 21.4. The second-order valence-corrected chi connectivity index (χ2v) is 7.03. The summed E-state index contributed by atoms with van der Waals surface area (Å²) in [5.74, 6) is 1.53. The smallest absolute Gasteiger partial charge is 0.213 e. The molecule has 0 spiro atoms. The van der Waals surface area contributed by atoms with Crippen molar-refractivity contribution in [1.29, 1.82) is 0 Å². The molecule has 2 N–H and O–H groups in total. The van der Waals surface area contributed by atoms with Crippen LogP contribution < -0.4 is 15.4 Å². The van der Waals surface area contributed by atoms with Gasteiger partial charge in [-0.25, -0.2) is 4.98 Å². The zero-order valence-corrected chi connectivity index (χ0v) is 17.0. The maximum atomic E-state index is 5.98. The average molecular weight is 378 g/mol. The number of guanidine groups is 1. The van der Waals surface area contributed by atoms with Gasteiger partial charge < -0.3 is 25.0 Å². The number of methoxy groups -OCH3 is 1. The summed E-state index contributed by atoms with van der Waals surface area (Å²) in [5, 5.41) is 6.70.